The van der Waals surface area contributed by atoms with Crippen LogP contribution in [0.2, 0.25) is 0 Å². The lowest BCUT2D eigenvalue weighted by atomic mass is 9.87. The van der Waals surface area contributed by atoms with Crippen molar-refractivity contribution in [3.8, 4) is 0 Å². The summed E-state index contributed by atoms with van der Waals surface area (Å²) in [7, 11) is 0. The van der Waals surface area contributed by atoms with Gasteiger partial charge < -0.3 is 20.3 Å². The summed E-state index contributed by atoms with van der Waals surface area (Å²) >= 11 is 0. The van der Waals surface area contributed by atoms with E-state index in [9.17, 15) is 5.11 Å². The summed E-state index contributed by atoms with van der Waals surface area (Å²) in [4.78, 5) is 0. The van der Waals surface area contributed by atoms with Gasteiger partial charge in [-0.15, -0.1) is 0 Å². The van der Waals surface area contributed by atoms with Crippen molar-refractivity contribution in [3.63, 3.8) is 0 Å². The predicted octanol–water partition coefficient (Wildman–Crippen LogP) is 1.45. The fourth-order valence-corrected chi connectivity index (χ4v) is 3.19. The first kappa shape index (κ1) is 14.3. The molecular weight excluding hydrogens is 230 g/mol. The molecule has 3 unspecified atom stereocenters. The van der Waals surface area contributed by atoms with Crippen molar-refractivity contribution in [2.45, 2.75) is 56.6 Å². The zero-order valence-electron chi connectivity index (χ0n) is 11.3. The predicted molar refractivity (Wildman–Crippen MR) is 70.4 cm³/mol. The fourth-order valence-electron chi connectivity index (χ4n) is 3.19. The first-order valence-corrected chi connectivity index (χ1v) is 7.34. The minimum atomic E-state index is -0.356. The van der Waals surface area contributed by atoms with E-state index in [1.165, 1.54) is 12.8 Å². The lowest BCUT2D eigenvalue weighted by molar-refractivity contribution is -0.0436. The summed E-state index contributed by atoms with van der Waals surface area (Å²) in [5, 5.41) is 9.37. The summed E-state index contributed by atoms with van der Waals surface area (Å²) in [6.07, 6.45) is 8.03. The molecule has 0 spiro atoms. The Hall–Kier alpha value is -0.160. The molecule has 18 heavy (non-hydrogen) atoms. The Morgan fingerprint density at radius 1 is 1.28 bits per heavy atom. The molecular formula is C14H27NO3. The second kappa shape index (κ2) is 6.85. The third-order valence-corrected chi connectivity index (χ3v) is 4.49. The SMILES string of the molecule is NC1(CO)CCCC1CCOCC1CCCCO1. The van der Waals surface area contributed by atoms with Gasteiger partial charge in [0.1, 0.15) is 0 Å². The molecule has 0 aromatic heterocycles. The van der Waals surface area contributed by atoms with Crippen LogP contribution in [0.3, 0.4) is 0 Å². The topological polar surface area (TPSA) is 64.7 Å². The van der Waals surface area contributed by atoms with E-state index in [0.717, 1.165) is 45.3 Å². The Kier molecular flexibility index (Phi) is 5.42. The molecule has 0 aromatic carbocycles. The van der Waals surface area contributed by atoms with Crippen molar-refractivity contribution < 1.29 is 14.6 Å². The molecule has 0 bridgehead atoms. The Labute approximate surface area is 110 Å². The van der Waals surface area contributed by atoms with Gasteiger partial charge in [0.25, 0.3) is 0 Å². The maximum absolute atomic E-state index is 9.37. The number of hydrogen-bond acceptors (Lipinski definition) is 4. The van der Waals surface area contributed by atoms with E-state index in [1.54, 1.807) is 0 Å². The normalized spacial score (nSPS) is 37.0. The van der Waals surface area contributed by atoms with Crippen molar-refractivity contribution in [1.29, 1.82) is 0 Å². The molecule has 2 fully saturated rings. The van der Waals surface area contributed by atoms with Crippen molar-refractivity contribution in [3.05, 3.63) is 0 Å². The quantitative estimate of drug-likeness (QED) is 0.707. The molecule has 1 aliphatic heterocycles. The Bertz CT molecular complexity index is 243. The first-order valence-electron chi connectivity index (χ1n) is 7.34. The van der Waals surface area contributed by atoms with Gasteiger partial charge in [0.2, 0.25) is 0 Å². The van der Waals surface area contributed by atoms with E-state index in [-0.39, 0.29) is 12.1 Å². The molecule has 2 aliphatic rings. The molecule has 1 aliphatic carbocycles. The van der Waals surface area contributed by atoms with Gasteiger partial charge >= 0.3 is 0 Å². The van der Waals surface area contributed by atoms with Crippen molar-refractivity contribution >= 4 is 0 Å². The summed E-state index contributed by atoms with van der Waals surface area (Å²) in [6.45, 7) is 2.43. The maximum Gasteiger partial charge on any atom is 0.0808 e. The number of hydrogen-bond donors (Lipinski definition) is 2. The molecule has 1 saturated heterocycles. The van der Waals surface area contributed by atoms with Crippen molar-refractivity contribution in [1.82, 2.24) is 0 Å². The number of rotatable bonds is 6. The second-order valence-corrected chi connectivity index (χ2v) is 5.83. The summed E-state index contributed by atoms with van der Waals surface area (Å²) < 4.78 is 11.3. The highest BCUT2D eigenvalue weighted by molar-refractivity contribution is 4.95. The van der Waals surface area contributed by atoms with Crippen LogP contribution in [0.15, 0.2) is 0 Å². The third-order valence-electron chi connectivity index (χ3n) is 4.49. The lowest BCUT2D eigenvalue weighted by Gasteiger charge is -2.29. The molecule has 106 valence electrons. The van der Waals surface area contributed by atoms with E-state index >= 15 is 0 Å². The highest BCUT2D eigenvalue weighted by Crippen LogP contribution is 2.35. The van der Waals surface area contributed by atoms with Gasteiger partial charge in [-0.3, -0.25) is 0 Å². The minimum absolute atomic E-state index is 0.101. The van der Waals surface area contributed by atoms with E-state index in [0.29, 0.717) is 18.6 Å². The summed E-state index contributed by atoms with van der Waals surface area (Å²) in [5.74, 6) is 0.412. The minimum Gasteiger partial charge on any atom is -0.394 e. The Morgan fingerprint density at radius 3 is 2.89 bits per heavy atom. The number of aliphatic hydroxyl groups excluding tert-OH is 1. The van der Waals surface area contributed by atoms with Crippen LogP contribution in [0.25, 0.3) is 0 Å². The molecule has 0 amide bonds. The van der Waals surface area contributed by atoms with Crippen LogP contribution in [0.5, 0.6) is 0 Å². The van der Waals surface area contributed by atoms with Crippen LogP contribution in [0, 0.1) is 5.92 Å². The van der Waals surface area contributed by atoms with Crippen LogP contribution in [0.4, 0.5) is 0 Å². The van der Waals surface area contributed by atoms with Crippen molar-refractivity contribution in [2.75, 3.05) is 26.4 Å². The zero-order chi connectivity index (χ0) is 12.8. The molecule has 3 atom stereocenters. The summed E-state index contributed by atoms with van der Waals surface area (Å²) in [5.41, 5.74) is 5.84. The lowest BCUT2D eigenvalue weighted by Crippen LogP contribution is -2.47. The molecule has 2 rings (SSSR count). The highest BCUT2D eigenvalue weighted by Gasteiger charge is 2.38. The monoisotopic (exact) mass is 257 g/mol. The van der Waals surface area contributed by atoms with Gasteiger partial charge in [0.05, 0.1) is 19.3 Å². The van der Waals surface area contributed by atoms with Gasteiger partial charge in [-0.25, -0.2) is 0 Å². The van der Waals surface area contributed by atoms with E-state index in [1.807, 2.05) is 0 Å². The van der Waals surface area contributed by atoms with E-state index in [2.05, 4.69) is 0 Å². The molecule has 4 heteroatoms. The van der Waals surface area contributed by atoms with Crippen LogP contribution < -0.4 is 5.73 Å². The molecule has 0 radical (unpaired) electrons. The van der Waals surface area contributed by atoms with Crippen LogP contribution >= 0.6 is 0 Å². The van der Waals surface area contributed by atoms with Gasteiger partial charge in [0, 0.05) is 18.8 Å². The largest absolute Gasteiger partial charge is 0.394 e. The highest BCUT2D eigenvalue weighted by atomic mass is 16.5. The summed E-state index contributed by atoms with van der Waals surface area (Å²) in [6, 6.07) is 0. The van der Waals surface area contributed by atoms with E-state index < -0.39 is 0 Å². The number of ether oxygens (including phenoxy) is 2. The van der Waals surface area contributed by atoms with Crippen molar-refractivity contribution in [2.24, 2.45) is 11.7 Å². The van der Waals surface area contributed by atoms with Gasteiger partial charge in [-0.2, -0.15) is 0 Å². The molecule has 0 aromatic rings. The molecule has 1 heterocycles. The average Bonchev–Trinajstić information content (AvgIpc) is 2.78. The smallest absolute Gasteiger partial charge is 0.0808 e. The van der Waals surface area contributed by atoms with Crippen LogP contribution in [0.1, 0.15) is 44.9 Å². The van der Waals surface area contributed by atoms with Crippen LogP contribution in [-0.4, -0.2) is 43.2 Å². The fraction of sp³-hybridized carbons (Fsp3) is 1.00. The molecule has 1 saturated carbocycles. The van der Waals surface area contributed by atoms with E-state index in [4.69, 9.17) is 15.2 Å². The third kappa shape index (κ3) is 3.67. The second-order valence-electron chi connectivity index (χ2n) is 5.83. The molecule has 4 nitrogen and oxygen atoms in total. The average molecular weight is 257 g/mol. The van der Waals surface area contributed by atoms with Gasteiger partial charge in [-0.1, -0.05) is 6.42 Å². The van der Waals surface area contributed by atoms with Gasteiger partial charge in [0.15, 0.2) is 0 Å². The standard InChI is InChI=1S/C14H27NO3/c15-14(11-16)7-3-4-12(14)6-9-17-10-13-5-1-2-8-18-13/h12-13,16H,1-11,15H2. The maximum atomic E-state index is 9.37. The number of aliphatic hydroxyl groups is 1. The zero-order valence-corrected chi connectivity index (χ0v) is 11.3. The van der Waals surface area contributed by atoms with Crippen LogP contribution in [-0.2, 0) is 9.47 Å². The Balaban J connectivity index is 1.60. The first-order chi connectivity index (χ1) is 8.74. The molecule has 3 N–H and O–H groups in total. The van der Waals surface area contributed by atoms with Gasteiger partial charge in [-0.05, 0) is 44.4 Å². The Morgan fingerprint density at radius 2 is 2.17 bits per heavy atom. The number of nitrogens with two attached hydrogens (primary N) is 1.